The summed E-state index contributed by atoms with van der Waals surface area (Å²) >= 11 is 1.41. The molecule has 2 aromatic heterocycles. The summed E-state index contributed by atoms with van der Waals surface area (Å²) in [4.78, 5) is 12.8. The van der Waals surface area contributed by atoms with E-state index < -0.39 is 5.60 Å². The van der Waals surface area contributed by atoms with Crippen molar-refractivity contribution in [1.82, 2.24) is 5.32 Å². The van der Waals surface area contributed by atoms with Crippen molar-refractivity contribution in [2.45, 2.75) is 25.9 Å². The summed E-state index contributed by atoms with van der Waals surface area (Å²) in [6.45, 7) is 3.74. The highest BCUT2D eigenvalue weighted by Crippen LogP contribution is 2.21. The van der Waals surface area contributed by atoms with Gasteiger partial charge in [-0.1, -0.05) is 6.92 Å². The maximum Gasteiger partial charge on any atom is 0.261 e. The standard InChI is InChI=1S/C14H17NO3S/c1-3-10-6-8-19-12(10)13(16)15-9-14(2,17)11-5-4-7-18-11/h4-8,17H,3,9H2,1-2H3,(H,15,16). The molecule has 2 heterocycles. The average Bonchev–Trinajstić information content (AvgIpc) is 3.06. The molecule has 2 N–H and O–H groups in total. The summed E-state index contributed by atoms with van der Waals surface area (Å²) in [7, 11) is 0. The molecule has 0 radical (unpaired) electrons. The summed E-state index contributed by atoms with van der Waals surface area (Å²) in [6.07, 6.45) is 2.32. The third kappa shape index (κ3) is 3.05. The molecule has 0 aromatic carbocycles. The van der Waals surface area contributed by atoms with Gasteiger partial charge in [0.1, 0.15) is 11.4 Å². The number of hydrogen-bond acceptors (Lipinski definition) is 4. The van der Waals surface area contributed by atoms with Crippen molar-refractivity contribution in [3.63, 3.8) is 0 Å². The second-order valence-electron chi connectivity index (χ2n) is 4.56. The van der Waals surface area contributed by atoms with Gasteiger partial charge in [0.15, 0.2) is 0 Å². The van der Waals surface area contributed by atoms with Crippen molar-refractivity contribution in [3.05, 3.63) is 46.0 Å². The highest BCUT2D eigenvalue weighted by atomic mass is 32.1. The molecule has 19 heavy (non-hydrogen) atoms. The van der Waals surface area contributed by atoms with E-state index in [9.17, 15) is 9.90 Å². The number of rotatable bonds is 5. The van der Waals surface area contributed by atoms with Crippen molar-refractivity contribution in [1.29, 1.82) is 0 Å². The van der Waals surface area contributed by atoms with Crippen LogP contribution in [0.15, 0.2) is 34.3 Å². The Bertz CT molecular complexity index is 543. The number of thiophene rings is 1. The molecule has 0 saturated carbocycles. The summed E-state index contributed by atoms with van der Waals surface area (Å²) < 4.78 is 5.17. The van der Waals surface area contributed by atoms with Gasteiger partial charge in [-0.25, -0.2) is 0 Å². The van der Waals surface area contributed by atoms with E-state index in [0.717, 1.165) is 12.0 Å². The Labute approximate surface area is 116 Å². The lowest BCUT2D eigenvalue weighted by molar-refractivity contribution is 0.0331. The quantitative estimate of drug-likeness (QED) is 0.884. The maximum absolute atomic E-state index is 12.1. The van der Waals surface area contributed by atoms with Crippen molar-refractivity contribution in [3.8, 4) is 0 Å². The van der Waals surface area contributed by atoms with Crippen molar-refractivity contribution >= 4 is 17.2 Å². The molecule has 0 bridgehead atoms. The Balaban J connectivity index is 2.01. The molecule has 0 aliphatic heterocycles. The van der Waals surface area contributed by atoms with Gasteiger partial charge in [-0.15, -0.1) is 11.3 Å². The first kappa shape index (κ1) is 13.8. The summed E-state index contributed by atoms with van der Waals surface area (Å²) in [6, 6.07) is 5.35. The predicted octanol–water partition coefficient (Wildman–Crippen LogP) is 2.54. The number of amides is 1. The molecule has 0 fully saturated rings. The zero-order valence-electron chi connectivity index (χ0n) is 11.0. The number of carbonyl (C=O) groups is 1. The summed E-state index contributed by atoms with van der Waals surface area (Å²) in [5.41, 5.74) is -0.178. The highest BCUT2D eigenvalue weighted by molar-refractivity contribution is 7.12. The van der Waals surface area contributed by atoms with Crippen LogP contribution in [0.3, 0.4) is 0 Å². The minimum atomic E-state index is -1.21. The molecule has 1 amide bonds. The number of carbonyl (C=O) groups excluding carboxylic acids is 1. The van der Waals surface area contributed by atoms with E-state index in [2.05, 4.69) is 5.32 Å². The Morgan fingerprint density at radius 2 is 2.32 bits per heavy atom. The van der Waals surface area contributed by atoms with E-state index in [1.165, 1.54) is 17.6 Å². The smallest absolute Gasteiger partial charge is 0.261 e. The van der Waals surface area contributed by atoms with Gasteiger partial charge in [-0.05, 0) is 42.5 Å². The molecule has 1 atom stereocenters. The molecule has 0 saturated heterocycles. The van der Waals surface area contributed by atoms with Crippen LogP contribution < -0.4 is 5.32 Å². The largest absolute Gasteiger partial charge is 0.466 e. The zero-order valence-corrected chi connectivity index (χ0v) is 11.8. The van der Waals surface area contributed by atoms with Gasteiger partial charge in [-0.3, -0.25) is 4.79 Å². The monoisotopic (exact) mass is 279 g/mol. The lowest BCUT2D eigenvalue weighted by Gasteiger charge is -2.21. The van der Waals surface area contributed by atoms with E-state index >= 15 is 0 Å². The van der Waals surface area contributed by atoms with E-state index in [1.54, 1.807) is 19.1 Å². The van der Waals surface area contributed by atoms with Crippen LogP contribution in [0, 0.1) is 0 Å². The lowest BCUT2D eigenvalue weighted by atomic mass is 10.0. The van der Waals surface area contributed by atoms with Crippen LogP contribution >= 0.6 is 11.3 Å². The number of aliphatic hydroxyl groups is 1. The van der Waals surface area contributed by atoms with Gasteiger partial charge in [0.2, 0.25) is 0 Å². The van der Waals surface area contributed by atoms with Crippen LogP contribution in [0.1, 0.15) is 34.8 Å². The van der Waals surface area contributed by atoms with Gasteiger partial charge in [-0.2, -0.15) is 0 Å². The maximum atomic E-state index is 12.1. The molecular weight excluding hydrogens is 262 g/mol. The second kappa shape index (κ2) is 5.59. The minimum absolute atomic E-state index is 0.112. The van der Waals surface area contributed by atoms with E-state index in [1.807, 2.05) is 18.4 Å². The summed E-state index contributed by atoms with van der Waals surface area (Å²) in [5.74, 6) is 0.286. The van der Waals surface area contributed by atoms with E-state index in [4.69, 9.17) is 4.42 Å². The molecule has 4 nitrogen and oxygen atoms in total. The van der Waals surface area contributed by atoms with Crippen LogP contribution in [0.5, 0.6) is 0 Å². The molecule has 0 aliphatic rings. The Morgan fingerprint density at radius 1 is 1.53 bits per heavy atom. The van der Waals surface area contributed by atoms with Gasteiger partial charge in [0, 0.05) is 0 Å². The first-order valence-electron chi connectivity index (χ1n) is 6.15. The summed E-state index contributed by atoms with van der Waals surface area (Å²) in [5, 5.41) is 14.9. The fourth-order valence-electron chi connectivity index (χ4n) is 1.82. The average molecular weight is 279 g/mol. The number of furan rings is 1. The topological polar surface area (TPSA) is 62.5 Å². The van der Waals surface area contributed by atoms with Gasteiger partial charge in [0.05, 0.1) is 17.7 Å². The Kier molecular flexibility index (Phi) is 4.07. The fraction of sp³-hybridized carbons (Fsp3) is 0.357. The molecule has 0 spiro atoms. The van der Waals surface area contributed by atoms with Crippen LogP contribution in [-0.4, -0.2) is 17.6 Å². The SMILES string of the molecule is CCc1ccsc1C(=O)NCC(C)(O)c1ccco1. The lowest BCUT2D eigenvalue weighted by Crippen LogP contribution is -2.38. The minimum Gasteiger partial charge on any atom is -0.466 e. The molecule has 0 aliphatic carbocycles. The van der Waals surface area contributed by atoms with Crippen molar-refractivity contribution in [2.24, 2.45) is 0 Å². The third-order valence-corrected chi connectivity index (χ3v) is 3.93. The van der Waals surface area contributed by atoms with E-state index in [-0.39, 0.29) is 12.5 Å². The Morgan fingerprint density at radius 3 is 2.95 bits per heavy atom. The van der Waals surface area contributed by atoms with E-state index in [0.29, 0.717) is 10.6 Å². The third-order valence-electron chi connectivity index (χ3n) is 2.98. The number of nitrogens with one attached hydrogen (secondary N) is 1. The van der Waals surface area contributed by atoms with Crippen molar-refractivity contribution in [2.75, 3.05) is 6.54 Å². The van der Waals surface area contributed by atoms with Crippen molar-refractivity contribution < 1.29 is 14.3 Å². The Hall–Kier alpha value is -1.59. The van der Waals surface area contributed by atoms with Crippen LogP contribution in [0.25, 0.3) is 0 Å². The van der Waals surface area contributed by atoms with Crippen LogP contribution in [-0.2, 0) is 12.0 Å². The number of aryl methyl sites for hydroxylation is 1. The molecule has 5 heteroatoms. The highest BCUT2D eigenvalue weighted by Gasteiger charge is 2.27. The molecule has 2 rings (SSSR count). The van der Waals surface area contributed by atoms with Gasteiger partial charge >= 0.3 is 0 Å². The molecule has 102 valence electrons. The van der Waals surface area contributed by atoms with Crippen LogP contribution in [0.2, 0.25) is 0 Å². The van der Waals surface area contributed by atoms with Crippen LogP contribution in [0.4, 0.5) is 0 Å². The zero-order chi connectivity index (χ0) is 13.9. The first-order valence-corrected chi connectivity index (χ1v) is 7.03. The number of hydrogen-bond donors (Lipinski definition) is 2. The van der Waals surface area contributed by atoms with Gasteiger partial charge < -0.3 is 14.8 Å². The fourth-order valence-corrected chi connectivity index (χ4v) is 2.73. The van der Waals surface area contributed by atoms with Gasteiger partial charge in [0.25, 0.3) is 5.91 Å². The predicted molar refractivity (Wildman–Crippen MR) is 74.3 cm³/mol. The normalized spacial score (nSPS) is 14.1. The molecular formula is C14H17NO3S. The first-order chi connectivity index (χ1) is 9.04. The second-order valence-corrected chi connectivity index (χ2v) is 5.48. The molecule has 1 unspecified atom stereocenters. The molecule has 2 aromatic rings.